The van der Waals surface area contributed by atoms with Crippen LogP contribution in [0.15, 0.2) is 24.3 Å². The molecule has 10 heteroatoms. The number of amides is 1. The number of carbonyl (C=O) groups excluding carboxylic acids is 2. The van der Waals surface area contributed by atoms with E-state index in [9.17, 15) is 18.0 Å². The molecule has 2 saturated heterocycles. The maximum atomic E-state index is 12.9. The Morgan fingerprint density at radius 3 is 2.75 bits per heavy atom. The number of fused-ring (bicyclic) bond motifs is 1. The first-order valence-electron chi connectivity index (χ1n) is 10.8. The fourth-order valence-corrected chi connectivity index (χ4v) is 5.10. The smallest absolute Gasteiger partial charge is 0.267 e. The SMILES string of the molecule is CS(=O)(=O)N1CCC2(CC1)CC(=O)c1cc(C=CC(=O)NOC3CCCCO3)ccc1O2. The van der Waals surface area contributed by atoms with Gasteiger partial charge in [-0.1, -0.05) is 6.07 Å². The van der Waals surface area contributed by atoms with Crippen molar-refractivity contribution in [2.75, 3.05) is 26.0 Å². The lowest BCUT2D eigenvalue weighted by atomic mass is 9.82. The van der Waals surface area contributed by atoms with Crippen LogP contribution in [0.2, 0.25) is 0 Å². The van der Waals surface area contributed by atoms with Gasteiger partial charge < -0.3 is 9.47 Å². The second kappa shape index (κ2) is 9.30. The lowest BCUT2D eigenvalue weighted by Gasteiger charge is -2.43. The van der Waals surface area contributed by atoms with Gasteiger partial charge in [0, 0.05) is 45.0 Å². The highest BCUT2D eigenvalue weighted by molar-refractivity contribution is 7.88. The molecule has 32 heavy (non-hydrogen) atoms. The monoisotopic (exact) mass is 464 g/mol. The molecule has 2 fully saturated rings. The number of carbonyl (C=O) groups is 2. The van der Waals surface area contributed by atoms with Crippen LogP contribution in [-0.2, 0) is 24.4 Å². The van der Waals surface area contributed by atoms with Crippen LogP contribution in [0.25, 0.3) is 6.08 Å². The number of piperidine rings is 1. The number of nitrogens with zero attached hydrogens (tertiary/aromatic N) is 1. The Morgan fingerprint density at radius 2 is 2.06 bits per heavy atom. The molecule has 0 bridgehead atoms. The highest BCUT2D eigenvalue weighted by Gasteiger charge is 2.44. The van der Waals surface area contributed by atoms with Gasteiger partial charge in [-0.25, -0.2) is 23.0 Å². The molecular weight excluding hydrogens is 436 g/mol. The molecule has 174 valence electrons. The van der Waals surface area contributed by atoms with Gasteiger partial charge in [0.1, 0.15) is 11.4 Å². The first-order chi connectivity index (χ1) is 15.2. The number of nitrogens with one attached hydrogen (secondary N) is 1. The van der Waals surface area contributed by atoms with Crippen molar-refractivity contribution < 1.29 is 32.3 Å². The van der Waals surface area contributed by atoms with Crippen molar-refractivity contribution in [3.8, 4) is 5.75 Å². The van der Waals surface area contributed by atoms with E-state index in [0.29, 0.717) is 49.4 Å². The number of ether oxygens (including phenoxy) is 2. The summed E-state index contributed by atoms with van der Waals surface area (Å²) < 4.78 is 36.5. The molecule has 9 nitrogen and oxygen atoms in total. The number of benzene rings is 1. The fourth-order valence-electron chi connectivity index (χ4n) is 4.25. The largest absolute Gasteiger partial charge is 0.486 e. The number of sulfonamides is 1. The lowest BCUT2D eigenvalue weighted by molar-refractivity contribution is -0.198. The number of hydrogen-bond acceptors (Lipinski definition) is 7. The Labute approximate surface area is 187 Å². The van der Waals surface area contributed by atoms with Crippen molar-refractivity contribution in [3.05, 3.63) is 35.4 Å². The van der Waals surface area contributed by atoms with Crippen LogP contribution in [0.5, 0.6) is 5.75 Å². The number of hydrogen-bond donors (Lipinski definition) is 1. The highest BCUT2D eigenvalue weighted by Crippen LogP contribution is 2.40. The van der Waals surface area contributed by atoms with Crippen molar-refractivity contribution in [1.82, 2.24) is 9.79 Å². The summed E-state index contributed by atoms with van der Waals surface area (Å²) in [4.78, 5) is 30.1. The quantitative estimate of drug-likeness (QED) is 0.524. The number of hydroxylamine groups is 1. The molecule has 0 radical (unpaired) electrons. The van der Waals surface area contributed by atoms with E-state index >= 15 is 0 Å². The minimum atomic E-state index is -3.25. The highest BCUT2D eigenvalue weighted by atomic mass is 32.2. The Bertz CT molecular complexity index is 1010. The topological polar surface area (TPSA) is 111 Å². The molecule has 0 aromatic heterocycles. The van der Waals surface area contributed by atoms with Gasteiger partial charge in [-0.2, -0.15) is 0 Å². The molecule has 1 aromatic rings. The predicted molar refractivity (Wildman–Crippen MR) is 116 cm³/mol. The maximum Gasteiger partial charge on any atom is 0.267 e. The van der Waals surface area contributed by atoms with Gasteiger partial charge in [0.05, 0.1) is 18.2 Å². The fraction of sp³-hybridized carbons (Fsp3) is 0.545. The standard InChI is InChI=1S/C22H28N2O7S/c1-32(27,28)24-11-9-22(10-12-24)15-18(25)17-14-16(5-7-19(17)30-22)6-8-20(26)23-31-21-4-2-3-13-29-21/h5-8,14,21H,2-4,9-13,15H2,1H3,(H,23,26). The van der Waals surface area contributed by atoms with Crippen LogP contribution in [0.3, 0.4) is 0 Å². The predicted octanol–water partition coefficient (Wildman–Crippen LogP) is 2.03. The molecule has 3 heterocycles. The van der Waals surface area contributed by atoms with Crippen LogP contribution < -0.4 is 10.2 Å². The van der Waals surface area contributed by atoms with E-state index < -0.39 is 27.8 Å². The van der Waals surface area contributed by atoms with Gasteiger partial charge in [0.2, 0.25) is 10.0 Å². The van der Waals surface area contributed by atoms with Gasteiger partial charge in [-0.3, -0.25) is 9.59 Å². The van der Waals surface area contributed by atoms with Crippen molar-refractivity contribution >= 4 is 27.8 Å². The lowest BCUT2D eigenvalue weighted by Crippen LogP contribution is -2.52. The van der Waals surface area contributed by atoms with E-state index in [1.54, 1.807) is 24.3 Å². The second-order valence-corrected chi connectivity index (χ2v) is 10.5. The van der Waals surface area contributed by atoms with E-state index in [-0.39, 0.29) is 12.2 Å². The molecule has 0 aliphatic carbocycles. The van der Waals surface area contributed by atoms with E-state index in [4.69, 9.17) is 14.3 Å². The molecule has 1 amide bonds. The van der Waals surface area contributed by atoms with Gasteiger partial charge in [0.25, 0.3) is 5.91 Å². The summed E-state index contributed by atoms with van der Waals surface area (Å²) in [5.74, 6) is 0.0287. The second-order valence-electron chi connectivity index (χ2n) is 8.52. The van der Waals surface area contributed by atoms with Crippen molar-refractivity contribution in [2.45, 2.75) is 50.4 Å². The maximum absolute atomic E-state index is 12.9. The van der Waals surface area contributed by atoms with Crippen LogP contribution in [0.4, 0.5) is 0 Å². The molecule has 1 N–H and O–H groups in total. The molecular formula is C22H28N2O7S. The summed E-state index contributed by atoms with van der Waals surface area (Å²) >= 11 is 0. The molecule has 1 atom stereocenters. The summed E-state index contributed by atoms with van der Waals surface area (Å²) in [6.45, 7) is 1.30. The van der Waals surface area contributed by atoms with Crippen molar-refractivity contribution in [3.63, 3.8) is 0 Å². The molecule has 1 spiro atoms. The van der Waals surface area contributed by atoms with Crippen LogP contribution in [0.1, 0.15) is 54.4 Å². The molecule has 4 rings (SSSR count). The summed E-state index contributed by atoms with van der Waals surface area (Å²) in [6.07, 6.45) is 7.59. The molecule has 3 aliphatic rings. The summed E-state index contributed by atoms with van der Waals surface area (Å²) in [5, 5.41) is 0. The summed E-state index contributed by atoms with van der Waals surface area (Å²) in [6, 6.07) is 5.19. The Balaban J connectivity index is 1.37. The Kier molecular flexibility index (Phi) is 6.66. The van der Waals surface area contributed by atoms with E-state index in [1.807, 2.05) is 0 Å². The number of rotatable bonds is 5. The zero-order valence-electron chi connectivity index (χ0n) is 18.0. The minimum absolute atomic E-state index is 0.0449. The van der Waals surface area contributed by atoms with Gasteiger partial charge in [-0.05, 0) is 36.6 Å². The summed E-state index contributed by atoms with van der Waals surface area (Å²) in [5.41, 5.74) is 2.85. The Hall–Kier alpha value is -2.27. The van der Waals surface area contributed by atoms with E-state index in [1.165, 1.54) is 16.6 Å². The third-order valence-corrected chi connectivity index (χ3v) is 7.38. The zero-order valence-corrected chi connectivity index (χ0v) is 18.9. The first kappa shape index (κ1) is 22.9. The van der Waals surface area contributed by atoms with Gasteiger partial charge in [-0.15, -0.1) is 0 Å². The molecule has 0 saturated carbocycles. The molecule has 1 unspecified atom stereocenters. The van der Waals surface area contributed by atoms with Crippen LogP contribution in [0, 0.1) is 0 Å². The zero-order chi connectivity index (χ0) is 22.8. The third kappa shape index (κ3) is 5.37. The van der Waals surface area contributed by atoms with Gasteiger partial charge >= 0.3 is 0 Å². The number of Topliss-reactive ketones (excluding diaryl/α,β-unsaturated/α-hetero) is 1. The van der Waals surface area contributed by atoms with Crippen molar-refractivity contribution in [2.24, 2.45) is 0 Å². The normalized spacial score (nSPS) is 23.7. The van der Waals surface area contributed by atoms with Gasteiger partial charge in [0.15, 0.2) is 12.1 Å². The van der Waals surface area contributed by atoms with E-state index in [0.717, 1.165) is 19.3 Å². The summed E-state index contributed by atoms with van der Waals surface area (Å²) in [7, 11) is -3.25. The third-order valence-electron chi connectivity index (χ3n) is 6.07. The minimum Gasteiger partial charge on any atom is -0.486 e. The molecule has 3 aliphatic heterocycles. The van der Waals surface area contributed by atoms with Crippen LogP contribution >= 0.6 is 0 Å². The Morgan fingerprint density at radius 1 is 1.28 bits per heavy atom. The van der Waals surface area contributed by atoms with Crippen LogP contribution in [-0.4, -0.2) is 62.3 Å². The van der Waals surface area contributed by atoms with Crippen molar-refractivity contribution in [1.29, 1.82) is 0 Å². The average Bonchev–Trinajstić information content (AvgIpc) is 2.77. The van der Waals surface area contributed by atoms with E-state index in [2.05, 4.69) is 5.48 Å². The first-order valence-corrected chi connectivity index (χ1v) is 12.7. The number of ketones is 1. The molecule has 1 aromatic carbocycles. The average molecular weight is 465 g/mol.